The third kappa shape index (κ3) is 6.47. The summed E-state index contributed by atoms with van der Waals surface area (Å²) >= 11 is 0. The second kappa shape index (κ2) is 9.60. The lowest BCUT2D eigenvalue weighted by Crippen LogP contribution is -2.52. The van der Waals surface area contributed by atoms with E-state index < -0.39 is 0 Å². The van der Waals surface area contributed by atoms with Crippen LogP contribution in [0.2, 0.25) is 0 Å². The summed E-state index contributed by atoms with van der Waals surface area (Å²) < 4.78 is 0. The van der Waals surface area contributed by atoms with Crippen LogP contribution in [-0.2, 0) is 4.79 Å². The highest BCUT2D eigenvalue weighted by Crippen LogP contribution is 2.11. The molecule has 1 saturated heterocycles. The highest BCUT2D eigenvalue weighted by Gasteiger charge is 2.24. The van der Waals surface area contributed by atoms with Crippen LogP contribution in [0.25, 0.3) is 0 Å². The second-order valence-electron chi connectivity index (χ2n) is 8.56. The average molecular weight is 404 g/mol. The first-order valence-corrected chi connectivity index (χ1v) is 10.3. The van der Waals surface area contributed by atoms with E-state index in [1.165, 1.54) is 0 Å². The van der Waals surface area contributed by atoms with Crippen LogP contribution >= 0.6 is 0 Å². The third-order valence-corrected chi connectivity index (χ3v) is 4.80. The van der Waals surface area contributed by atoms with Gasteiger partial charge in [-0.3, -0.25) is 14.5 Å². The maximum Gasteiger partial charge on any atom is 0.253 e. The molecule has 3 rings (SSSR count). The molecule has 5 heteroatoms. The number of rotatable bonds is 3. The Labute approximate surface area is 179 Å². The Kier molecular flexibility index (Phi) is 6.91. The van der Waals surface area contributed by atoms with E-state index in [0.717, 1.165) is 11.1 Å². The van der Waals surface area contributed by atoms with Gasteiger partial charge in [0.25, 0.3) is 5.91 Å². The van der Waals surface area contributed by atoms with E-state index in [1.54, 1.807) is 0 Å². The van der Waals surface area contributed by atoms with Crippen molar-refractivity contribution < 1.29 is 9.59 Å². The van der Waals surface area contributed by atoms with Crippen LogP contribution in [0.15, 0.2) is 54.6 Å². The average Bonchev–Trinajstić information content (AvgIpc) is 2.72. The predicted molar refractivity (Wildman–Crippen MR) is 119 cm³/mol. The van der Waals surface area contributed by atoms with Crippen molar-refractivity contribution in [1.29, 1.82) is 0 Å². The second-order valence-corrected chi connectivity index (χ2v) is 8.56. The largest absolute Gasteiger partial charge is 0.350 e. The van der Waals surface area contributed by atoms with Crippen LogP contribution in [-0.4, -0.2) is 59.9 Å². The maximum absolute atomic E-state index is 12.8. The van der Waals surface area contributed by atoms with Crippen molar-refractivity contribution in [3.8, 4) is 11.8 Å². The monoisotopic (exact) mass is 403 g/mol. The summed E-state index contributed by atoms with van der Waals surface area (Å²) in [5.74, 6) is 6.30. The van der Waals surface area contributed by atoms with Crippen LogP contribution in [0.1, 0.15) is 42.3 Å². The van der Waals surface area contributed by atoms with Crippen LogP contribution in [0.5, 0.6) is 0 Å². The Balaban J connectivity index is 1.52. The molecule has 2 amide bonds. The zero-order valence-corrected chi connectivity index (χ0v) is 17.9. The molecular weight excluding hydrogens is 374 g/mol. The molecule has 2 aromatic carbocycles. The van der Waals surface area contributed by atoms with Crippen molar-refractivity contribution in [2.24, 2.45) is 0 Å². The molecule has 0 radical (unpaired) electrons. The van der Waals surface area contributed by atoms with Gasteiger partial charge in [-0.15, -0.1) is 0 Å². The molecule has 0 aliphatic carbocycles. The zero-order chi connectivity index (χ0) is 21.6. The Hall–Kier alpha value is -3.10. The predicted octanol–water partition coefficient (Wildman–Crippen LogP) is 2.76. The highest BCUT2D eigenvalue weighted by atomic mass is 16.2. The van der Waals surface area contributed by atoms with Gasteiger partial charge >= 0.3 is 0 Å². The van der Waals surface area contributed by atoms with E-state index in [2.05, 4.69) is 22.1 Å². The minimum atomic E-state index is -0.230. The molecule has 1 fully saturated rings. The lowest BCUT2D eigenvalue weighted by molar-refractivity contribution is -0.124. The molecule has 0 spiro atoms. The number of amides is 2. The summed E-state index contributed by atoms with van der Waals surface area (Å²) in [5, 5.41) is 2.98. The van der Waals surface area contributed by atoms with E-state index in [9.17, 15) is 9.59 Å². The van der Waals surface area contributed by atoms with Gasteiger partial charge in [-0.2, -0.15) is 0 Å². The van der Waals surface area contributed by atoms with Crippen molar-refractivity contribution >= 4 is 11.8 Å². The fraction of sp³-hybridized carbons (Fsp3) is 0.360. The molecule has 1 aliphatic rings. The molecule has 5 nitrogen and oxygen atoms in total. The molecular formula is C25H29N3O2. The quantitative estimate of drug-likeness (QED) is 0.802. The molecule has 0 aromatic heterocycles. The van der Waals surface area contributed by atoms with Crippen molar-refractivity contribution in [2.45, 2.75) is 26.3 Å². The molecule has 30 heavy (non-hydrogen) atoms. The first-order valence-electron chi connectivity index (χ1n) is 10.3. The molecule has 156 valence electrons. The summed E-state index contributed by atoms with van der Waals surface area (Å²) in [7, 11) is 0. The van der Waals surface area contributed by atoms with E-state index in [-0.39, 0.29) is 17.4 Å². The van der Waals surface area contributed by atoms with Gasteiger partial charge in [0.15, 0.2) is 0 Å². The third-order valence-electron chi connectivity index (χ3n) is 4.80. The number of carbonyl (C=O) groups excluding carboxylic acids is 2. The maximum atomic E-state index is 12.8. The lowest BCUT2D eigenvalue weighted by atomic mass is 10.1. The van der Waals surface area contributed by atoms with E-state index in [0.29, 0.717) is 38.3 Å². The molecule has 1 aliphatic heterocycles. The number of nitrogens with zero attached hydrogens (tertiary/aromatic N) is 2. The summed E-state index contributed by atoms with van der Waals surface area (Å²) in [6, 6.07) is 17.3. The topological polar surface area (TPSA) is 52.7 Å². The minimum Gasteiger partial charge on any atom is -0.350 e. The van der Waals surface area contributed by atoms with E-state index in [4.69, 9.17) is 0 Å². The van der Waals surface area contributed by atoms with Gasteiger partial charge in [-0.1, -0.05) is 30.0 Å². The van der Waals surface area contributed by atoms with Crippen LogP contribution in [0, 0.1) is 11.8 Å². The highest BCUT2D eigenvalue weighted by molar-refractivity contribution is 5.94. The number of hydrogen-bond acceptors (Lipinski definition) is 3. The van der Waals surface area contributed by atoms with E-state index >= 15 is 0 Å². The number of benzene rings is 2. The fourth-order valence-electron chi connectivity index (χ4n) is 3.31. The first-order chi connectivity index (χ1) is 14.3. The zero-order valence-electron chi connectivity index (χ0n) is 17.9. The number of carbonyl (C=O) groups is 2. The molecule has 0 unspecified atom stereocenters. The number of hydrogen-bond donors (Lipinski definition) is 1. The molecule has 1 N–H and O–H groups in total. The van der Waals surface area contributed by atoms with Crippen LogP contribution in [0.3, 0.4) is 0 Å². The van der Waals surface area contributed by atoms with Gasteiger partial charge < -0.3 is 10.2 Å². The normalized spacial score (nSPS) is 14.6. The molecule has 1 heterocycles. The number of nitrogens with one attached hydrogen (secondary N) is 1. The number of piperazine rings is 1. The summed E-state index contributed by atoms with van der Waals surface area (Å²) in [6.07, 6.45) is 0. The van der Waals surface area contributed by atoms with Gasteiger partial charge in [-0.05, 0) is 57.2 Å². The van der Waals surface area contributed by atoms with Crippen molar-refractivity contribution in [3.05, 3.63) is 71.3 Å². The van der Waals surface area contributed by atoms with Crippen molar-refractivity contribution in [2.75, 3.05) is 32.7 Å². The summed E-state index contributed by atoms with van der Waals surface area (Å²) in [4.78, 5) is 28.8. The van der Waals surface area contributed by atoms with Gasteiger partial charge in [-0.25, -0.2) is 0 Å². The van der Waals surface area contributed by atoms with Crippen LogP contribution < -0.4 is 5.32 Å². The summed E-state index contributed by atoms with van der Waals surface area (Å²) in [6.45, 7) is 8.93. The Morgan fingerprint density at radius 2 is 1.43 bits per heavy atom. The smallest absolute Gasteiger partial charge is 0.253 e. The first kappa shape index (κ1) is 21.6. The Morgan fingerprint density at radius 3 is 2.00 bits per heavy atom. The van der Waals surface area contributed by atoms with Crippen molar-refractivity contribution in [3.63, 3.8) is 0 Å². The minimum absolute atomic E-state index is 0.0227. The molecule has 0 saturated carbocycles. The lowest BCUT2D eigenvalue weighted by Gasteiger charge is -2.35. The van der Waals surface area contributed by atoms with Gasteiger partial charge in [0.2, 0.25) is 5.91 Å². The van der Waals surface area contributed by atoms with E-state index in [1.807, 2.05) is 80.3 Å². The van der Waals surface area contributed by atoms with Crippen LogP contribution in [0.4, 0.5) is 0 Å². The fourth-order valence-corrected chi connectivity index (χ4v) is 3.31. The van der Waals surface area contributed by atoms with Gasteiger partial charge in [0.05, 0.1) is 6.54 Å². The summed E-state index contributed by atoms with van der Waals surface area (Å²) in [5.41, 5.74) is 2.28. The Bertz CT molecular complexity index is 926. The van der Waals surface area contributed by atoms with Crippen molar-refractivity contribution in [1.82, 2.24) is 15.1 Å². The molecule has 0 bridgehead atoms. The van der Waals surface area contributed by atoms with Gasteiger partial charge in [0.1, 0.15) is 0 Å². The molecule has 2 aromatic rings. The molecule has 0 atom stereocenters. The SMILES string of the molecule is CC(C)(C)NC(=O)CN1CCN(C(=O)c2ccc(C#Cc3ccccc3)cc2)CC1. The Morgan fingerprint density at radius 1 is 0.867 bits per heavy atom. The standard InChI is InChI=1S/C25H29N3O2/c1-25(2,3)26-23(29)19-27-15-17-28(18-16-27)24(30)22-13-11-21(12-14-22)10-9-20-7-5-4-6-8-20/h4-8,11-14H,15-19H2,1-3H3,(H,26,29). The van der Waals surface area contributed by atoms with Gasteiger partial charge in [0, 0.05) is 48.4 Å².